The molecule has 0 bridgehead atoms. The Morgan fingerprint density at radius 1 is 1.19 bits per heavy atom. The first-order chi connectivity index (χ1) is 9.76. The fourth-order valence-corrected chi connectivity index (χ4v) is 1.84. The van der Waals surface area contributed by atoms with E-state index >= 15 is 0 Å². The zero-order valence-corrected chi connectivity index (χ0v) is 13.6. The maximum Gasteiger partial charge on any atom is 0.264 e. The molecule has 0 N–H and O–H groups in total. The van der Waals surface area contributed by atoms with Crippen LogP contribution < -0.4 is 9.47 Å². The summed E-state index contributed by atoms with van der Waals surface area (Å²) in [5, 5.41) is 0. The van der Waals surface area contributed by atoms with Crippen LogP contribution in [0, 0.1) is 0 Å². The van der Waals surface area contributed by atoms with Crippen molar-refractivity contribution < 1.29 is 22.1 Å². The highest BCUT2D eigenvalue weighted by Gasteiger charge is 2.09. The minimum absolute atomic E-state index is 0.0162. The van der Waals surface area contributed by atoms with Gasteiger partial charge < -0.3 is 9.47 Å². The fourth-order valence-electron chi connectivity index (χ4n) is 1.40. The summed E-state index contributed by atoms with van der Waals surface area (Å²) in [6, 6.07) is 7.15. The van der Waals surface area contributed by atoms with E-state index in [4.69, 9.17) is 9.47 Å². The molecule has 0 fully saturated rings. The molecule has 0 aliphatic heterocycles. The molecule has 21 heavy (non-hydrogen) atoms. The monoisotopic (exact) mass is 314 g/mol. The lowest BCUT2D eigenvalue weighted by Crippen LogP contribution is -2.21. The van der Waals surface area contributed by atoms with Crippen molar-refractivity contribution >= 4 is 10.1 Å². The van der Waals surface area contributed by atoms with Crippen molar-refractivity contribution in [1.29, 1.82) is 0 Å². The van der Waals surface area contributed by atoms with E-state index in [-0.39, 0.29) is 12.7 Å². The summed E-state index contributed by atoms with van der Waals surface area (Å²) in [5.74, 6) is 1.38. The van der Waals surface area contributed by atoms with Crippen LogP contribution in [0.5, 0.6) is 11.5 Å². The Labute approximate surface area is 126 Å². The van der Waals surface area contributed by atoms with Crippen molar-refractivity contribution in [2.45, 2.75) is 26.9 Å². The van der Waals surface area contributed by atoms with Gasteiger partial charge >= 0.3 is 0 Å². The van der Waals surface area contributed by atoms with E-state index in [1.807, 2.05) is 19.9 Å². The van der Waals surface area contributed by atoms with Crippen molar-refractivity contribution in [3.63, 3.8) is 0 Å². The molecule has 0 aliphatic carbocycles. The van der Waals surface area contributed by atoms with Crippen LogP contribution in [0.15, 0.2) is 35.9 Å². The van der Waals surface area contributed by atoms with Crippen LogP contribution in [0.3, 0.4) is 0 Å². The van der Waals surface area contributed by atoms with Crippen LogP contribution in [-0.2, 0) is 14.3 Å². The van der Waals surface area contributed by atoms with Gasteiger partial charge in [-0.25, -0.2) is 0 Å². The van der Waals surface area contributed by atoms with E-state index in [9.17, 15) is 8.42 Å². The molecular formula is C15H22O5S. The third kappa shape index (κ3) is 8.37. The van der Waals surface area contributed by atoms with Crippen molar-refractivity contribution in [3.05, 3.63) is 35.9 Å². The summed E-state index contributed by atoms with van der Waals surface area (Å²) in [7, 11) is -3.44. The fraction of sp³-hybridized carbons (Fsp3) is 0.467. The van der Waals surface area contributed by atoms with Crippen LogP contribution in [0.1, 0.15) is 20.8 Å². The molecule has 0 saturated carbocycles. The molecule has 1 aromatic rings. The lowest BCUT2D eigenvalue weighted by Gasteiger charge is -2.14. The molecule has 1 unspecified atom stereocenters. The molecule has 0 aromatic heterocycles. The molecule has 5 nitrogen and oxygen atoms in total. The lowest BCUT2D eigenvalue weighted by molar-refractivity contribution is 0.147. The Morgan fingerprint density at radius 2 is 1.76 bits per heavy atom. The highest BCUT2D eigenvalue weighted by atomic mass is 32.2. The second kappa shape index (κ2) is 8.05. The first kappa shape index (κ1) is 17.5. The maximum atomic E-state index is 10.9. The van der Waals surface area contributed by atoms with Gasteiger partial charge in [0.1, 0.15) is 30.8 Å². The van der Waals surface area contributed by atoms with Crippen LogP contribution >= 0.6 is 0 Å². The van der Waals surface area contributed by atoms with E-state index in [0.29, 0.717) is 12.4 Å². The number of allylic oxidation sites excluding steroid dienone is 1. The Morgan fingerprint density at radius 3 is 2.29 bits per heavy atom. The smallest absolute Gasteiger partial charge is 0.264 e. The van der Waals surface area contributed by atoms with Gasteiger partial charge in [-0.2, -0.15) is 8.42 Å². The summed E-state index contributed by atoms with van der Waals surface area (Å²) in [6.07, 6.45) is 2.64. The van der Waals surface area contributed by atoms with Crippen LogP contribution in [0.4, 0.5) is 0 Å². The second-order valence-corrected chi connectivity index (χ2v) is 6.62. The normalized spacial score (nSPS) is 12.6. The largest absolute Gasteiger partial charge is 0.490 e. The quantitative estimate of drug-likeness (QED) is 0.545. The molecular weight excluding hydrogens is 292 g/mol. The molecule has 0 spiro atoms. The SMILES string of the molecule is CC(C)=CCOc1ccc(OC(C)COS(C)(=O)=O)cc1. The summed E-state index contributed by atoms with van der Waals surface area (Å²) < 4.78 is 37.5. The number of ether oxygens (including phenoxy) is 2. The van der Waals surface area contributed by atoms with Gasteiger partial charge in [-0.3, -0.25) is 4.18 Å². The predicted molar refractivity (Wildman–Crippen MR) is 82.3 cm³/mol. The van der Waals surface area contributed by atoms with E-state index in [2.05, 4.69) is 4.18 Å². The number of benzene rings is 1. The van der Waals surface area contributed by atoms with Crippen LogP contribution in [-0.4, -0.2) is 34.0 Å². The number of rotatable bonds is 8. The summed E-state index contributed by atoms with van der Waals surface area (Å²) >= 11 is 0. The van der Waals surface area contributed by atoms with Crippen molar-refractivity contribution in [2.75, 3.05) is 19.5 Å². The molecule has 1 rings (SSSR count). The molecule has 0 radical (unpaired) electrons. The number of hydrogen-bond donors (Lipinski definition) is 0. The standard InChI is InChI=1S/C15H22O5S/c1-12(2)9-10-18-14-5-7-15(8-6-14)20-13(3)11-19-21(4,16)17/h5-9,13H,10-11H2,1-4H3. The highest BCUT2D eigenvalue weighted by Crippen LogP contribution is 2.19. The van der Waals surface area contributed by atoms with Gasteiger partial charge in [0.05, 0.1) is 6.26 Å². The average molecular weight is 314 g/mol. The maximum absolute atomic E-state index is 10.9. The molecule has 0 heterocycles. The Balaban J connectivity index is 2.45. The second-order valence-electron chi connectivity index (χ2n) is 4.98. The van der Waals surface area contributed by atoms with E-state index in [0.717, 1.165) is 12.0 Å². The topological polar surface area (TPSA) is 61.8 Å². The Bertz CT molecular complexity index is 556. The summed E-state index contributed by atoms with van der Waals surface area (Å²) in [5.41, 5.74) is 1.20. The zero-order valence-electron chi connectivity index (χ0n) is 12.8. The molecule has 0 amide bonds. The highest BCUT2D eigenvalue weighted by molar-refractivity contribution is 7.85. The summed E-state index contributed by atoms with van der Waals surface area (Å²) in [6.45, 7) is 6.28. The van der Waals surface area contributed by atoms with E-state index in [1.165, 1.54) is 5.57 Å². The molecule has 1 aromatic carbocycles. The third-order valence-electron chi connectivity index (χ3n) is 2.42. The van der Waals surface area contributed by atoms with Gasteiger partial charge in [-0.15, -0.1) is 0 Å². The first-order valence-electron chi connectivity index (χ1n) is 6.63. The number of hydrogen-bond acceptors (Lipinski definition) is 5. The van der Waals surface area contributed by atoms with E-state index < -0.39 is 10.1 Å². The minimum atomic E-state index is -3.44. The average Bonchev–Trinajstić information content (AvgIpc) is 2.37. The molecule has 1 atom stereocenters. The van der Waals surface area contributed by atoms with Gasteiger partial charge in [0.2, 0.25) is 0 Å². The predicted octanol–water partition coefficient (Wildman–Crippen LogP) is 2.78. The molecule has 6 heteroatoms. The van der Waals surface area contributed by atoms with Crippen LogP contribution in [0.25, 0.3) is 0 Å². The van der Waals surface area contributed by atoms with Crippen molar-refractivity contribution in [3.8, 4) is 11.5 Å². The van der Waals surface area contributed by atoms with Gasteiger partial charge in [-0.05, 0) is 51.1 Å². The van der Waals surface area contributed by atoms with Crippen LogP contribution in [0.2, 0.25) is 0 Å². The van der Waals surface area contributed by atoms with Crippen molar-refractivity contribution in [2.24, 2.45) is 0 Å². The van der Waals surface area contributed by atoms with Gasteiger partial charge in [0.25, 0.3) is 10.1 Å². The Hall–Kier alpha value is -1.53. The molecule has 0 aliphatic rings. The molecule has 0 saturated heterocycles. The third-order valence-corrected chi connectivity index (χ3v) is 2.98. The van der Waals surface area contributed by atoms with Gasteiger partial charge in [0, 0.05) is 0 Å². The van der Waals surface area contributed by atoms with Gasteiger partial charge in [0.15, 0.2) is 0 Å². The lowest BCUT2D eigenvalue weighted by atomic mass is 10.3. The zero-order chi connectivity index (χ0) is 15.9. The Kier molecular flexibility index (Phi) is 6.71. The minimum Gasteiger partial charge on any atom is -0.490 e. The van der Waals surface area contributed by atoms with Crippen molar-refractivity contribution in [1.82, 2.24) is 0 Å². The first-order valence-corrected chi connectivity index (χ1v) is 8.45. The van der Waals surface area contributed by atoms with Gasteiger partial charge in [-0.1, -0.05) is 5.57 Å². The summed E-state index contributed by atoms with van der Waals surface area (Å²) in [4.78, 5) is 0. The van der Waals surface area contributed by atoms with E-state index in [1.54, 1.807) is 31.2 Å². The molecule has 118 valence electrons.